The molecule has 0 aliphatic rings. The van der Waals surface area contributed by atoms with Gasteiger partial charge in [-0.2, -0.15) is 0 Å². The number of nitro benzene ring substituents is 1. The van der Waals surface area contributed by atoms with Crippen LogP contribution < -0.4 is 5.32 Å². The van der Waals surface area contributed by atoms with E-state index < -0.39 is 10.8 Å². The highest BCUT2D eigenvalue weighted by Gasteiger charge is 2.17. The van der Waals surface area contributed by atoms with Gasteiger partial charge in [0.25, 0.3) is 11.6 Å². The van der Waals surface area contributed by atoms with E-state index in [1.165, 1.54) is 19.1 Å². The Balaban J connectivity index is 2.31. The van der Waals surface area contributed by atoms with Gasteiger partial charge in [0.15, 0.2) is 11.4 Å². The molecular weight excluding hydrogens is 372 g/mol. The predicted octanol–water partition coefficient (Wildman–Crippen LogP) is 5.38. The fourth-order valence-corrected chi connectivity index (χ4v) is 2.42. The number of halogens is 1. The zero-order chi connectivity index (χ0) is 20.1. The predicted molar refractivity (Wildman–Crippen MR) is 102 cm³/mol. The maximum Gasteiger partial charge on any atom is 0.298 e. The van der Waals surface area contributed by atoms with Gasteiger partial charge in [-0.15, -0.1) is 10.2 Å². The quantitative estimate of drug-likeness (QED) is 0.235. The second-order valence-electron chi connectivity index (χ2n) is 5.80. The lowest BCUT2D eigenvalue weighted by molar-refractivity contribution is -0.384. The summed E-state index contributed by atoms with van der Waals surface area (Å²) in [5.74, 6) is -1.07. The molecule has 0 aliphatic heterocycles. The molecule has 140 valence electrons. The topological polar surface area (TPSA) is 117 Å². The van der Waals surface area contributed by atoms with E-state index in [2.05, 4.69) is 15.5 Å². The van der Waals surface area contributed by atoms with E-state index >= 15 is 0 Å². The van der Waals surface area contributed by atoms with Crippen LogP contribution in [0.3, 0.4) is 0 Å². The molecule has 2 aromatic carbocycles. The summed E-state index contributed by atoms with van der Waals surface area (Å²) in [6.45, 7) is 5.03. The Kier molecular flexibility index (Phi) is 6.25. The summed E-state index contributed by atoms with van der Waals surface area (Å²) in [6, 6.07) is 9.29. The summed E-state index contributed by atoms with van der Waals surface area (Å²) >= 11 is 5.75. The van der Waals surface area contributed by atoms with Gasteiger partial charge in [0.2, 0.25) is 0 Å². The lowest BCUT2D eigenvalue weighted by Gasteiger charge is -2.09. The number of carbonyl (C=O) groups excluding carboxylic acids is 1. The van der Waals surface area contributed by atoms with E-state index in [0.29, 0.717) is 5.69 Å². The molecule has 8 nitrogen and oxygen atoms in total. The third kappa shape index (κ3) is 5.11. The molecule has 0 bridgehead atoms. The monoisotopic (exact) mass is 388 g/mol. The number of aryl methyl sites for hydroxylation is 2. The molecule has 0 spiro atoms. The Labute approximate surface area is 160 Å². The van der Waals surface area contributed by atoms with E-state index in [9.17, 15) is 20.0 Å². The smallest absolute Gasteiger partial charge is 0.298 e. The molecule has 0 aliphatic carbocycles. The Hall–Kier alpha value is -3.26. The van der Waals surface area contributed by atoms with Crippen molar-refractivity contribution < 1.29 is 14.8 Å². The van der Waals surface area contributed by atoms with Crippen molar-refractivity contribution in [2.24, 2.45) is 10.2 Å². The first-order chi connectivity index (χ1) is 12.7. The van der Waals surface area contributed by atoms with Crippen molar-refractivity contribution >= 4 is 34.6 Å². The van der Waals surface area contributed by atoms with Gasteiger partial charge < -0.3 is 10.4 Å². The third-order valence-corrected chi connectivity index (χ3v) is 3.81. The molecule has 2 aromatic rings. The average molecular weight is 389 g/mol. The first kappa shape index (κ1) is 20.1. The summed E-state index contributed by atoms with van der Waals surface area (Å²) in [5, 5.41) is 31.1. The van der Waals surface area contributed by atoms with Gasteiger partial charge in [-0.05, 0) is 44.5 Å². The number of amides is 1. The molecule has 0 radical (unpaired) electrons. The number of nitrogens with one attached hydrogen (secondary N) is 1. The molecule has 0 heterocycles. The summed E-state index contributed by atoms with van der Waals surface area (Å²) in [5.41, 5.74) is 1.60. The maximum atomic E-state index is 12.4. The van der Waals surface area contributed by atoms with Crippen molar-refractivity contribution in [2.45, 2.75) is 20.8 Å². The van der Waals surface area contributed by atoms with Gasteiger partial charge in [0, 0.05) is 16.8 Å². The second-order valence-corrected chi connectivity index (χ2v) is 6.23. The van der Waals surface area contributed by atoms with E-state index in [1.54, 1.807) is 6.07 Å². The van der Waals surface area contributed by atoms with Crippen LogP contribution in [0.15, 0.2) is 58.1 Å². The molecule has 1 amide bonds. The van der Waals surface area contributed by atoms with Gasteiger partial charge in [-0.1, -0.05) is 29.3 Å². The number of hydrogen-bond donors (Lipinski definition) is 2. The number of carbonyl (C=O) groups is 1. The molecule has 0 saturated carbocycles. The first-order valence-electron chi connectivity index (χ1n) is 7.83. The lowest BCUT2D eigenvalue weighted by atomic mass is 10.1. The number of nitrogens with zero attached hydrogens (tertiary/aromatic N) is 3. The number of aliphatic hydroxyl groups is 1. The fourth-order valence-electron chi connectivity index (χ4n) is 2.25. The first-order valence-corrected chi connectivity index (χ1v) is 8.21. The Morgan fingerprint density at radius 1 is 1.22 bits per heavy atom. The van der Waals surface area contributed by atoms with Gasteiger partial charge >= 0.3 is 0 Å². The molecular formula is C18H17ClN4O4. The Morgan fingerprint density at radius 2 is 1.93 bits per heavy atom. The standard InChI is InChI=1S/C18H17ClN4O4/c1-10-4-6-14(11(2)8-10)20-18(25)17(12(3)24)22-21-15-7-5-13(19)9-16(15)23(26)27/h4-9,24H,1-3H3,(H,20,25). The zero-order valence-electron chi connectivity index (χ0n) is 14.9. The summed E-state index contributed by atoms with van der Waals surface area (Å²) in [6.07, 6.45) is 0. The van der Waals surface area contributed by atoms with Crippen LogP contribution in [0.4, 0.5) is 17.1 Å². The summed E-state index contributed by atoms with van der Waals surface area (Å²) in [4.78, 5) is 22.9. The second kappa shape index (κ2) is 8.41. The molecule has 0 saturated heterocycles. The number of hydrogen-bond acceptors (Lipinski definition) is 6. The van der Waals surface area contributed by atoms with Crippen molar-refractivity contribution in [2.75, 3.05) is 5.32 Å². The molecule has 2 N–H and O–H groups in total. The molecule has 2 rings (SSSR count). The Morgan fingerprint density at radius 3 is 2.52 bits per heavy atom. The lowest BCUT2D eigenvalue weighted by Crippen LogP contribution is -2.15. The van der Waals surface area contributed by atoms with Gasteiger partial charge in [-0.3, -0.25) is 14.9 Å². The molecule has 27 heavy (non-hydrogen) atoms. The highest BCUT2D eigenvalue weighted by molar-refractivity contribution is 6.30. The van der Waals surface area contributed by atoms with Gasteiger partial charge in [0.05, 0.1) is 4.92 Å². The maximum absolute atomic E-state index is 12.4. The van der Waals surface area contributed by atoms with Crippen molar-refractivity contribution in [1.82, 2.24) is 0 Å². The highest BCUT2D eigenvalue weighted by atomic mass is 35.5. The van der Waals surface area contributed by atoms with Crippen LogP contribution in [-0.2, 0) is 4.79 Å². The summed E-state index contributed by atoms with van der Waals surface area (Å²) in [7, 11) is 0. The Bertz CT molecular complexity index is 966. The van der Waals surface area contributed by atoms with E-state index in [4.69, 9.17) is 11.6 Å². The number of benzene rings is 2. The van der Waals surface area contributed by atoms with Crippen LogP contribution in [0.25, 0.3) is 0 Å². The number of rotatable bonds is 5. The number of anilines is 1. The van der Waals surface area contributed by atoms with Crippen molar-refractivity contribution in [3.05, 3.63) is 74.1 Å². The van der Waals surface area contributed by atoms with E-state index in [0.717, 1.165) is 17.2 Å². The number of nitro groups is 1. The van der Waals surface area contributed by atoms with Crippen molar-refractivity contribution in [3.63, 3.8) is 0 Å². The number of aliphatic hydroxyl groups excluding tert-OH is 1. The zero-order valence-corrected chi connectivity index (χ0v) is 15.6. The molecule has 9 heteroatoms. The minimum Gasteiger partial charge on any atom is -0.510 e. The SMILES string of the molecule is CC(O)=C(N=Nc1ccc(Cl)cc1[N+](=O)[O-])C(=O)Nc1ccc(C)cc1C. The summed E-state index contributed by atoms with van der Waals surface area (Å²) < 4.78 is 0. The van der Waals surface area contributed by atoms with Crippen molar-refractivity contribution in [1.29, 1.82) is 0 Å². The molecule has 0 unspecified atom stereocenters. The largest absolute Gasteiger partial charge is 0.510 e. The van der Waals surface area contributed by atoms with Crippen LogP contribution >= 0.6 is 11.6 Å². The van der Waals surface area contributed by atoms with E-state index in [1.807, 2.05) is 26.0 Å². The fraction of sp³-hybridized carbons (Fsp3) is 0.167. The van der Waals surface area contributed by atoms with Gasteiger partial charge in [0.1, 0.15) is 5.76 Å². The minimum absolute atomic E-state index is 0.0949. The molecule has 0 atom stereocenters. The number of azo groups is 1. The minimum atomic E-state index is -0.692. The van der Waals surface area contributed by atoms with Crippen LogP contribution in [0.5, 0.6) is 0 Å². The van der Waals surface area contributed by atoms with E-state index in [-0.39, 0.29) is 27.9 Å². The van der Waals surface area contributed by atoms with Crippen LogP contribution in [0, 0.1) is 24.0 Å². The number of allylic oxidation sites excluding steroid dienone is 1. The van der Waals surface area contributed by atoms with Gasteiger partial charge in [-0.25, -0.2) is 0 Å². The average Bonchev–Trinajstić information content (AvgIpc) is 2.58. The third-order valence-electron chi connectivity index (χ3n) is 3.58. The van der Waals surface area contributed by atoms with Crippen LogP contribution in [0.1, 0.15) is 18.1 Å². The van der Waals surface area contributed by atoms with Crippen molar-refractivity contribution in [3.8, 4) is 0 Å². The van der Waals surface area contributed by atoms with Crippen LogP contribution in [-0.4, -0.2) is 15.9 Å². The normalized spacial score (nSPS) is 12.0. The highest BCUT2D eigenvalue weighted by Crippen LogP contribution is 2.31. The van der Waals surface area contributed by atoms with Crippen LogP contribution in [0.2, 0.25) is 5.02 Å². The molecule has 0 aromatic heterocycles. The molecule has 0 fully saturated rings.